The third-order valence-corrected chi connectivity index (χ3v) is 7.17. The van der Waals surface area contributed by atoms with Gasteiger partial charge < -0.3 is 14.6 Å². The molecule has 0 saturated carbocycles. The molecule has 0 aliphatic rings. The number of allylic oxidation sites excluding steroid dienone is 6. The molecule has 0 aromatic heterocycles. The Morgan fingerprint density at radius 2 is 1.10 bits per heavy atom. The fraction of sp³-hybridized carbons (Fsp3) is 0.806. The number of esters is 1. The van der Waals surface area contributed by atoms with Gasteiger partial charge in [-0.15, -0.1) is 0 Å². The Labute approximate surface area is 249 Å². The van der Waals surface area contributed by atoms with E-state index in [1.54, 1.807) is 0 Å². The van der Waals surface area contributed by atoms with Crippen molar-refractivity contribution >= 4 is 5.97 Å². The van der Waals surface area contributed by atoms with Gasteiger partial charge in [-0.05, 0) is 64.2 Å². The number of hydrogen-bond acceptors (Lipinski definition) is 4. The van der Waals surface area contributed by atoms with Gasteiger partial charge in [-0.25, -0.2) is 0 Å². The van der Waals surface area contributed by atoms with Crippen LogP contribution in [0.25, 0.3) is 0 Å². The molecule has 40 heavy (non-hydrogen) atoms. The average Bonchev–Trinajstić information content (AvgIpc) is 2.96. The highest BCUT2D eigenvalue weighted by Crippen LogP contribution is 2.11. The molecule has 1 N–H and O–H groups in total. The molecule has 234 valence electrons. The first-order valence-corrected chi connectivity index (χ1v) is 17.1. The van der Waals surface area contributed by atoms with Crippen molar-refractivity contribution in [3.05, 3.63) is 36.5 Å². The van der Waals surface area contributed by atoms with Gasteiger partial charge in [0.1, 0.15) is 6.10 Å². The number of aliphatic hydroxyl groups is 1. The molecular formula is C36H66O4. The molecule has 0 saturated heterocycles. The molecule has 0 bridgehead atoms. The van der Waals surface area contributed by atoms with Gasteiger partial charge in [-0.2, -0.15) is 0 Å². The van der Waals surface area contributed by atoms with Crippen LogP contribution in [0, 0.1) is 0 Å². The van der Waals surface area contributed by atoms with Crippen molar-refractivity contribution in [1.82, 2.24) is 0 Å². The quantitative estimate of drug-likeness (QED) is 0.0518. The zero-order chi connectivity index (χ0) is 29.2. The molecule has 0 aliphatic carbocycles. The number of unbranched alkanes of at least 4 members (excludes halogenated alkanes) is 17. The van der Waals surface area contributed by atoms with Crippen LogP contribution >= 0.6 is 0 Å². The van der Waals surface area contributed by atoms with Gasteiger partial charge in [0, 0.05) is 13.0 Å². The van der Waals surface area contributed by atoms with E-state index in [1.807, 2.05) is 0 Å². The van der Waals surface area contributed by atoms with Crippen molar-refractivity contribution in [3.8, 4) is 0 Å². The summed E-state index contributed by atoms with van der Waals surface area (Å²) in [6.45, 7) is 5.24. The van der Waals surface area contributed by atoms with Crippen LogP contribution in [0.4, 0.5) is 0 Å². The first kappa shape index (κ1) is 38.6. The van der Waals surface area contributed by atoms with Crippen molar-refractivity contribution < 1.29 is 19.4 Å². The van der Waals surface area contributed by atoms with E-state index in [-0.39, 0.29) is 19.2 Å². The molecule has 1 unspecified atom stereocenters. The molecule has 0 aromatic rings. The topological polar surface area (TPSA) is 55.8 Å². The maximum absolute atomic E-state index is 12.1. The summed E-state index contributed by atoms with van der Waals surface area (Å²) >= 11 is 0. The fourth-order valence-corrected chi connectivity index (χ4v) is 4.59. The molecule has 1 atom stereocenters. The standard InChI is InChI=1S/C36H66O4/c1-3-5-7-9-11-13-15-17-18-20-22-24-26-28-30-32-39-34-35(33-37)40-36(38)31-29-27-25-23-21-19-16-14-12-10-8-6-4-2/h8,10,14-17,35,37H,3-7,9,11-13,18-34H2,1-2H3/b10-8-,16-14-,17-15-. The molecule has 0 heterocycles. The third-order valence-electron chi connectivity index (χ3n) is 7.17. The molecule has 0 fully saturated rings. The van der Waals surface area contributed by atoms with E-state index >= 15 is 0 Å². The average molecular weight is 563 g/mol. The molecule has 0 aromatic carbocycles. The van der Waals surface area contributed by atoms with Crippen LogP contribution in [0.5, 0.6) is 0 Å². The predicted molar refractivity (Wildman–Crippen MR) is 173 cm³/mol. The summed E-state index contributed by atoms with van der Waals surface area (Å²) < 4.78 is 11.1. The zero-order valence-corrected chi connectivity index (χ0v) is 26.6. The lowest BCUT2D eigenvalue weighted by molar-refractivity contribution is -0.154. The molecule has 0 aliphatic heterocycles. The molecule has 4 heteroatoms. The van der Waals surface area contributed by atoms with Crippen LogP contribution in [-0.4, -0.2) is 37.0 Å². The summed E-state index contributed by atoms with van der Waals surface area (Å²) in [5.74, 6) is -0.219. The second kappa shape index (κ2) is 33.8. The van der Waals surface area contributed by atoms with Crippen LogP contribution in [0.1, 0.15) is 162 Å². The number of carbonyl (C=O) groups is 1. The molecular weight excluding hydrogens is 496 g/mol. The number of hydrogen-bond donors (Lipinski definition) is 1. The van der Waals surface area contributed by atoms with E-state index < -0.39 is 6.10 Å². The maximum Gasteiger partial charge on any atom is 0.306 e. The first-order chi connectivity index (χ1) is 19.7. The van der Waals surface area contributed by atoms with Gasteiger partial charge in [-0.1, -0.05) is 127 Å². The van der Waals surface area contributed by atoms with Gasteiger partial charge in [0.25, 0.3) is 0 Å². The lowest BCUT2D eigenvalue weighted by Gasteiger charge is -2.15. The zero-order valence-electron chi connectivity index (χ0n) is 26.6. The molecule has 0 amide bonds. The highest BCUT2D eigenvalue weighted by Gasteiger charge is 2.13. The summed E-state index contributed by atoms with van der Waals surface area (Å²) in [6, 6.07) is 0. The van der Waals surface area contributed by atoms with E-state index in [9.17, 15) is 9.90 Å². The highest BCUT2D eigenvalue weighted by molar-refractivity contribution is 5.69. The molecule has 0 spiro atoms. The fourth-order valence-electron chi connectivity index (χ4n) is 4.59. The Bertz CT molecular complexity index is 596. The van der Waals surface area contributed by atoms with E-state index in [0.29, 0.717) is 13.0 Å². The van der Waals surface area contributed by atoms with E-state index in [2.05, 4.69) is 50.3 Å². The smallest absolute Gasteiger partial charge is 0.306 e. The normalized spacial score (nSPS) is 12.8. The van der Waals surface area contributed by atoms with E-state index in [4.69, 9.17) is 9.47 Å². The van der Waals surface area contributed by atoms with Gasteiger partial charge in [0.15, 0.2) is 0 Å². The Morgan fingerprint density at radius 1 is 0.600 bits per heavy atom. The minimum absolute atomic E-state index is 0.180. The van der Waals surface area contributed by atoms with Gasteiger partial charge in [0.05, 0.1) is 13.2 Å². The number of rotatable bonds is 31. The Hall–Kier alpha value is -1.39. The van der Waals surface area contributed by atoms with Crippen molar-refractivity contribution in [3.63, 3.8) is 0 Å². The summed E-state index contributed by atoms with van der Waals surface area (Å²) in [6.07, 6.45) is 40.3. The monoisotopic (exact) mass is 562 g/mol. The second-order valence-electron chi connectivity index (χ2n) is 11.2. The first-order valence-electron chi connectivity index (χ1n) is 17.1. The van der Waals surface area contributed by atoms with E-state index in [0.717, 1.165) is 38.5 Å². The molecule has 4 nitrogen and oxygen atoms in total. The summed E-state index contributed by atoms with van der Waals surface area (Å²) in [5.41, 5.74) is 0. The van der Waals surface area contributed by atoms with Crippen molar-refractivity contribution in [2.75, 3.05) is 19.8 Å². The number of ether oxygens (including phenoxy) is 2. The van der Waals surface area contributed by atoms with Crippen molar-refractivity contribution in [1.29, 1.82) is 0 Å². The summed E-state index contributed by atoms with van der Waals surface area (Å²) in [5, 5.41) is 9.52. The Kier molecular flexibility index (Phi) is 32.6. The third kappa shape index (κ3) is 31.1. The molecule has 0 rings (SSSR count). The Balaban J connectivity index is 3.48. The van der Waals surface area contributed by atoms with Gasteiger partial charge in [-0.3, -0.25) is 4.79 Å². The number of aliphatic hydroxyl groups excluding tert-OH is 1. The summed E-state index contributed by atoms with van der Waals surface area (Å²) in [4.78, 5) is 12.1. The Morgan fingerprint density at radius 3 is 1.68 bits per heavy atom. The predicted octanol–water partition coefficient (Wildman–Crippen LogP) is 10.6. The van der Waals surface area contributed by atoms with Crippen LogP contribution in [-0.2, 0) is 14.3 Å². The lowest BCUT2D eigenvalue weighted by atomic mass is 10.1. The van der Waals surface area contributed by atoms with Gasteiger partial charge >= 0.3 is 5.97 Å². The van der Waals surface area contributed by atoms with Crippen LogP contribution < -0.4 is 0 Å². The highest BCUT2D eigenvalue weighted by atomic mass is 16.6. The van der Waals surface area contributed by atoms with Gasteiger partial charge in [0.2, 0.25) is 0 Å². The number of carbonyl (C=O) groups excluding carboxylic acids is 1. The lowest BCUT2D eigenvalue weighted by Crippen LogP contribution is -2.27. The minimum Gasteiger partial charge on any atom is -0.457 e. The largest absolute Gasteiger partial charge is 0.457 e. The summed E-state index contributed by atoms with van der Waals surface area (Å²) in [7, 11) is 0. The van der Waals surface area contributed by atoms with Crippen molar-refractivity contribution in [2.45, 2.75) is 168 Å². The van der Waals surface area contributed by atoms with Crippen LogP contribution in [0.3, 0.4) is 0 Å². The maximum atomic E-state index is 12.1. The minimum atomic E-state index is -0.541. The van der Waals surface area contributed by atoms with Crippen LogP contribution in [0.15, 0.2) is 36.5 Å². The van der Waals surface area contributed by atoms with Crippen LogP contribution in [0.2, 0.25) is 0 Å². The SMILES string of the molecule is CCC/C=C\C/C=C\CCCCCCCC(=O)OC(CO)COCCCCCCCC/C=C\CCCCCCC. The van der Waals surface area contributed by atoms with Crippen molar-refractivity contribution in [2.24, 2.45) is 0 Å². The van der Waals surface area contributed by atoms with E-state index in [1.165, 1.54) is 103 Å². The second-order valence-corrected chi connectivity index (χ2v) is 11.2. The molecule has 0 radical (unpaired) electrons.